The van der Waals surface area contributed by atoms with Crippen LogP contribution >= 0.6 is 0 Å². The van der Waals surface area contributed by atoms with Gasteiger partial charge in [-0.3, -0.25) is 14.7 Å². The molecule has 5 heteroatoms. The second-order valence-electron chi connectivity index (χ2n) is 5.47. The van der Waals surface area contributed by atoms with Crippen LogP contribution in [0.3, 0.4) is 0 Å². The van der Waals surface area contributed by atoms with Crippen LogP contribution in [0.25, 0.3) is 0 Å². The molecule has 1 aliphatic heterocycles. The summed E-state index contributed by atoms with van der Waals surface area (Å²) in [6.07, 6.45) is 3.26. The largest absolute Gasteiger partial charge is 0.492 e. The molecule has 0 aliphatic carbocycles. The van der Waals surface area contributed by atoms with E-state index in [9.17, 15) is 4.79 Å². The van der Waals surface area contributed by atoms with Crippen molar-refractivity contribution in [2.75, 3.05) is 32.8 Å². The summed E-state index contributed by atoms with van der Waals surface area (Å²) in [5.41, 5.74) is 0.0914. The van der Waals surface area contributed by atoms with Gasteiger partial charge in [0.15, 0.2) is 5.78 Å². The molecule has 110 valence electrons. The van der Waals surface area contributed by atoms with E-state index in [2.05, 4.69) is 15.2 Å². The first kappa shape index (κ1) is 14.9. The third kappa shape index (κ3) is 3.16. The van der Waals surface area contributed by atoms with Crippen LogP contribution < -0.4 is 10.1 Å². The lowest BCUT2D eigenvalue weighted by Crippen LogP contribution is -2.57. The zero-order valence-electron chi connectivity index (χ0n) is 12.5. The minimum absolute atomic E-state index is 0.0912. The van der Waals surface area contributed by atoms with E-state index in [-0.39, 0.29) is 5.78 Å². The molecule has 0 atom stereocenters. The van der Waals surface area contributed by atoms with Crippen molar-refractivity contribution in [2.45, 2.75) is 26.3 Å². The van der Waals surface area contributed by atoms with Crippen molar-refractivity contribution < 1.29 is 9.53 Å². The fourth-order valence-corrected chi connectivity index (χ4v) is 2.51. The summed E-state index contributed by atoms with van der Waals surface area (Å²) in [7, 11) is 0. The number of nitrogens with zero attached hydrogens (tertiary/aromatic N) is 2. The van der Waals surface area contributed by atoms with Crippen molar-refractivity contribution in [1.82, 2.24) is 15.2 Å². The second-order valence-corrected chi connectivity index (χ2v) is 5.47. The fraction of sp³-hybridized carbons (Fsp3) is 0.600. The molecule has 1 aromatic rings. The maximum atomic E-state index is 12.8. The SMILES string of the molecule is CCOc1cncc(C(=O)C(C)(C)N2CCNCC2)c1. The first-order valence-electron chi connectivity index (χ1n) is 7.14. The first-order valence-corrected chi connectivity index (χ1v) is 7.14. The highest BCUT2D eigenvalue weighted by atomic mass is 16.5. The van der Waals surface area contributed by atoms with Crippen LogP contribution in [0.4, 0.5) is 0 Å². The molecular formula is C15H23N3O2. The fourth-order valence-electron chi connectivity index (χ4n) is 2.51. The molecule has 2 heterocycles. The third-order valence-corrected chi connectivity index (χ3v) is 3.75. The van der Waals surface area contributed by atoms with Gasteiger partial charge in [-0.15, -0.1) is 0 Å². The summed E-state index contributed by atoms with van der Waals surface area (Å²) in [5, 5.41) is 3.31. The van der Waals surface area contributed by atoms with Gasteiger partial charge in [-0.25, -0.2) is 0 Å². The van der Waals surface area contributed by atoms with Gasteiger partial charge < -0.3 is 10.1 Å². The molecule has 5 nitrogen and oxygen atoms in total. The van der Waals surface area contributed by atoms with Crippen molar-refractivity contribution in [3.05, 3.63) is 24.0 Å². The molecule has 2 rings (SSSR count). The summed E-state index contributed by atoms with van der Waals surface area (Å²) < 4.78 is 5.42. The van der Waals surface area contributed by atoms with Gasteiger partial charge in [0, 0.05) is 37.9 Å². The Hall–Kier alpha value is -1.46. The van der Waals surface area contributed by atoms with Crippen LogP contribution in [-0.4, -0.2) is 54.0 Å². The van der Waals surface area contributed by atoms with Crippen molar-refractivity contribution >= 4 is 5.78 Å². The number of carbonyl (C=O) groups excluding carboxylic acids is 1. The van der Waals surface area contributed by atoms with Gasteiger partial charge in [-0.05, 0) is 26.8 Å². The van der Waals surface area contributed by atoms with Gasteiger partial charge in [0.1, 0.15) is 5.75 Å². The molecular weight excluding hydrogens is 254 g/mol. The number of rotatable bonds is 5. The molecule has 0 aromatic carbocycles. The van der Waals surface area contributed by atoms with Crippen LogP contribution in [0.15, 0.2) is 18.5 Å². The van der Waals surface area contributed by atoms with E-state index in [0.29, 0.717) is 17.9 Å². The highest BCUT2D eigenvalue weighted by Crippen LogP contribution is 2.22. The number of nitrogens with one attached hydrogen (secondary N) is 1. The Morgan fingerprint density at radius 2 is 2.10 bits per heavy atom. The number of hydrogen-bond donors (Lipinski definition) is 1. The lowest BCUT2D eigenvalue weighted by atomic mass is 9.91. The minimum Gasteiger partial charge on any atom is -0.492 e. The summed E-state index contributed by atoms with van der Waals surface area (Å²) in [5.74, 6) is 0.739. The molecule has 1 saturated heterocycles. The Kier molecular flexibility index (Phi) is 4.73. The van der Waals surface area contributed by atoms with Gasteiger partial charge in [0.05, 0.1) is 18.3 Å². The molecule has 0 bridgehead atoms. The maximum absolute atomic E-state index is 12.8. The summed E-state index contributed by atoms with van der Waals surface area (Å²) in [6, 6.07) is 1.78. The normalized spacial score (nSPS) is 16.9. The quantitative estimate of drug-likeness (QED) is 0.823. The van der Waals surface area contributed by atoms with E-state index < -0.39 is 5.54 Å². The Balaban J connectivity index is 2.18. The number of carbonyl (C=O) groups is 1. The molecule has 0 amide bonds. The standard InChI is InChI=1S/C15H23N3O2/c1-4-20-13-9-12(10-17-11-13)14(19)15(2,3)18-7-5-16-6-8-18/h9-11,16H,4-8H2,1-3H3. The van der Waals surface area contributed by atoms with Crippen LogP contribution in [0, 0.1) is 0 Å². The monoisotopic (exact) mass is 277 g/mol. The number of hydrogen-bond acceptors (Lipinski definition) is 5. The van der Waals surface area contributed by atoms with Crippen LogP contribution in [0.1, 0.15) is 31.1 Å². The van der Waals surface area contributed by atoms with Crippen LogP contribution in [-0.2, 0) is 0 Å². The van der Waals surface area contributed by atoms with Crippen molar-refractivity contribution in [3.63, 3.8) is 0 Å². The molecule has 0 unspecified atom stereocenters. The van der Waals surface area contributed by atoms with Gasteiger partial charge in [0.2, 0.25) is 0 Å². The minimum atomic E-state index is -0.519. The Labute approximate surface area is 120 Å². The first-order chi connectivity index (χ1) is 9.55. The van der Waals surface area contributed by atoms with Crippen LogP contribution in [0.2, 0.25) is 0 Å². The van der Waals surface area contributed by atoms with Crippen molar-refractivity contribution in [1.29, 1.82) is 0 Å². The number of aromatic nitrogens is 1. The average molecular weight is 277 g/mol. The predicted octanol–water partition coefficient (Wildman–Crippen LogP) is 1.35. The van der Waals surface area contributed by atoms with Gasteiger partial charge in [-0.2, -0.15) is 0 Å². The van der Waals surface area contributed by atoms with E-state index in [1.165, 1.54) is 0 Å². The smallest absolute Gasteiger partial charge is 0.184 e. The molecule has 0 radical (unpaired) electrons. The maximum Gasteiger partial charge on any atom is 0.184 e. The summed E-state index contributed by atoms with van der Waals surface area (Å²) in [4.78, 5) is 19.1. The van der Waals surface area contributed by atoms with E-state index in [1.807, 2.05) is 20.8 Å². The highest BCUT2D eigenvalue weighted by Gasteiger charge is 2.35. The average Bonchev–Trinajstić information content (AvgIpc) is 2.48. The third-order valence-electron chi connectivity index (χ3n) is 3.75. The van der Waals surface area contributed by atoms with Crippen molar-refractivity contribution in [2.24, 2.45) is 0 Å². The van der Waals surface area contributed by atoms with Gasteiger partial charge in [-0.1, -0.05) is 0 Å². The molecule has 1 fully saturated rings. The van der Waals surface area contributed by atoms with Crippen LogP contribution in [0.5, 0.6) is 5.75 Å². The number of Topliss-reactive ketones (excluding diaryl/α,β-unsaturated/α-hetero) is 1. The lowest BCUT2D eigenvalue weighted by Gasteiger charge is -2.39. The number of pyridine rings is 1. The summed E-state index contributed by atoms with van der Waals surface area (Å²) >= 11 is 0. The molecule has 0 spiro atoms. The van der Waals surface area contributed by atoms with Gasteiger partial charge in [0.25, 0.3) is 0 Å². The summed E-state index contributed by atoms with van der Waals surface area (Å²) in [6.45, 7) is 10.1. The molecule has 1 N–H and O–H groups in total. The van der Waals surface area contributed by atoms with E-state index in [0.717, 1.165) is 26.2 Å². The topological polar surface area (TPSA) is 54.5 Å². The highest BCUT2D eigenvalue weighted by molar-refractivity contribution is 6.02. The molecule has 0 saturated carbocycles. The number of ketones is 1. The molecule has 20 heavy (non-hydrogen) atoms. The lowest BCUT2D eigenvalue weighted by molar-refractivity contribution is 0.0601. The Morgan fingerprint density at radius 3 is 2.75 bits per heavy atom. The molecule has 1 aromatic heterocycles. The van der Waals surface area contributed by atoms with E-state index in [1.54, 1.807) is 18.5 Å². The second kappa shape index (κ2) is 6.33. The van der Waals surface area contributed by atoms with E-state index >= 15 is 0 Å². The van der Waals surface area contributed by atoms with E-state index in [4.69, 9.17) is 4.74 Å². The van der Waals surface area contributed by atoms with Crippen molar-refractivity contribution in [3.8, 4) is 5.75 Å². The Bertz CT molecular complexity index is 468. The predicted molar refractivity (Wildman–Crippen MR) is 78.3 cm³/mol. The Morgan fingerprint density at radius 1 is 1.40 bits per heavy atom. The van der Waals surface area contributed by atoms with Gasteiger partial charge >= 0.3 is 0 Å². The number of piperazine rings is 1. The number of ether oxygens (including phenoxy) is 1. The zero-order chi connectivity index (χ0) is 14.6. The molecule has 1 aliphatic rings. The zero-order valence-corrected chi connectivity index (χ0v) is 12.5.